The van der Waals surface area contributed by atoms with Crippen LogP contribution in [0.2, 0.25) is 0 Å². The van der Waals surface area contributed by atoms with Gasteiger partial charge < -0.3 is 14.2 Å². The van der Waals surface area contributed by atoms with Gasteiger partial charge in [0, 0.05) is 19.3 Å². The van der Waals surface area contributed by atoms with Crippen molar-refractivity contribution in [1.82, 2.24) is 0 Å². The van der Waals surface area contributed by atoms with Crippen molar-refractivity contribution >= 4 is 17.9 Å². The summed E-state index contributed by atoms with van der Waals surface area (Å²) < 4.78 is 16.7. The Hall–Kier alpha value is -1.59. The second kappa shape index (κ2) is 41.1. The van der Waals surface area contributed by atoms with Gasteiger partial charge in [-0.1, -0.05) is 221 Å². The third-order valence-electron chi connectivity index (χ3n) is 10.7. The average Bonchev–Trinajstić information content (AvgIpc) is 3.14. The van der Waals surface area contributed by atoms with Gasteiger partial charge in [0.1, 0.15) is 13.2 Å². The molecule has 54 heavy (non-hydrogen) atoms. The summed E-state index contributed by atoms with van der Waals surface area (Å²) in [5.41, 5.74) is 0. The van der Waals surface area contributed by atoms with Gasteiger partial charge in [-0.05, 0) is 31.1 Å². The van der Waals surface area contributed by atoms with E-state index in [0.29, 0.717) is 19.3 Å². The molecule has 0 heterocycles. The average molecular weight is 765 g/mol. The quantitative estimate of drug-likeness (QED) is 0.0350. The van der Waals surface area contributed by atoms with Gasteiger partial charge in [0.15, 0.2) is 6.10 Å². The highest BCUT2D eigenvalue weighted by Gasteiger charge is 2.19. The number of carbonyl (C=O) groups is 3. The third kappa shape index (κ3) is 41.6. The van der Waals surface area contributed by atoms with Gasteiger partial charge in [0.05, 0.1) is 0 Å². The lowest BCUT2D eigenvalue weighted by Gasteiger charge is -2.18. The van der Waals surface area contributed by atoms with E-state index in [9.17, 15) is 14.4 Å². The normalized spacial score (nSPS) is 12.1. The molecule has 0 aromatic heterocycles. The van der Waals surface area contributed by atoms with E-state index in [-0.39, 0.29) is 31.1 Å². The fourth-order valence-corrected chi connectivity index (χ4v) is 7.11. The molecule has 0 spiro atoms. The Balaban J connectivity index is 4.31. The van der Waals surface area contributed by atoms with Crippen molar-refractivity contribution in [3.8, 4) is 0 Å². The van der Waals surface area contributed by atoms with Crippen molar-refractivity contribution in [2.75, 3.05) is 13.2 Å². The van der Waals surface area contributed by atoms with Gasteiger partial charge in [0.25, 0.3) is 0 Å². The lowest BCUT2D eigenvalue weighted by Crippen LogP contribution is -2.30. The fourth-order valence-electron chi connectivity index (χ4n) is 7.11. The third-order valence-corrected chi connectivity index (χ3v) is 10.7. The van der Waals surface area contributed by atoms with E-state index in [1.165, 1.54) is 148 Å². The van der Waals surface area contributed by atoms with E-state index < -0.39 is 6.10 Å². The maximum Gasteiger partial charge on any atom is 0.306 e. The molecule has 0 amide bonds. The van der Waals surface area contributed by atoms with Crippen LogP contribution in [0.5, 0.6) is 0 Å². The minimum atomic E-state index is -0.761. The molecule has 0 radical (unpaired) electrons. The maximum absolute atomic E-state index is 12.7. The molecule has 0 N–H and O–H groups in total. The largest absolute Gasteiger partial charge is 0.462 e. The first-order chi connectivity index (χ1) is 26.2. The molecule has 0 aliphatic rings. The summed E-state index contributed by atoms with van der Waals surface area (Å²) in [6, 6.07) is 0. The molecule has 0 aromatic carbocycles. The molecular weight excluding hydrogens is 673 g/mol. The topological polar surface area (TPSA) is 78.9 Å². The van der Waals surface area contributed by atoms with Crippen LogP contribution in [0.3, 0.4) is 0 Å². The first-order valence-corrected chi connectivity index (χ1v) is 23.7. The van der Waals surface area contributed by atoms with Crippen LogP contribution in [0.1, 0.15) is 259 Å². The zero-order chi connectivity index (χ0) is 39.7. The van der Waals surface area contributed by atoms with Crippen molar-refractivity contribution in [3.05, 3.63) is 0 Å². The lowest BCUT2D eigenvalue weighted by molar-refractivity contribution is -0.167. The number of ether oxygens (including phenoxy) is 3. The number of rotatable bonds is 42. The van der Waals surface area contributed by atoms with Crippen LogP contribution in [-0.4, -0.2) is 37.2 Å². The molecule has 320 valence electrons. The van der Waals surface area contributed by atoms with E-state index in [4.69, 9.17) is 14.2 Å². The van der Waals surface area contributed by atoms with Crippen molar-refractivity contribution in [2.45, 2.75) is 265 Å². The second-order valence-corrected chi connectivity index (χ2v) is 17.3. The van der Waals surface area contributed by atoms with Crippen molar-refractivity contribution < 1.29 is 28.6 Å². The molecule has 0 bridgehead atoms. The number of carbonyl (C=O) groups excluding carboxylic acids is 3. The SMILES string of the molecule is CCCCCCCCCCCCCCCC(=O)OC[C@@H](COC(=O)CCCCCCCCC(C)C)OC(=O)CCCCCCCCCCCCCC(C)C. The number of unbranched alkanes of at least 4 members (excludes halogenated alkanes) is 27. The Bertz CT molecular complexity index is 824. The van der Waals surface area contributed by atoms with E-state index in [1.807, 2.05) is 0 Å². The van der Waals surface area contributed by atoms with Crippen LogP contribution < -0.4 is 0 Å². The Morgan fingerprint density at radius 2 is 0.611 bits per heavy atom. The minimum absolute atomic E-state index is 0.0651. The van der Waals surface area contributed by atoms with E-state index in [1.54, 1.807) is 0 Å². The maximum atomic E-state index is 12.7. The highest BCUT2D eigenvalue weighted by atomic mass is 16.6. The van der Waals surface area contributed by atoms with E-state index >= 15 is 0 Å². The summed E-state index contributed by atoms with van der Waals surface area (Å²) in [4.78, 5) is 37.7. The number of hydrogen-bond donors (Lipinski definition) is 0. The van der Waals surface area contributed by atoms with Gasteiger partial charge in [-0.15, -0.1) is 0 Å². The van der Waals surface area contributed by atoms with Gasteiger partial charge in [-0.25, -0.2) is 0 Å². The molecule has 6 heteroatoms. The Kier molecular flexibility index (Phi) is 39.8. The second-order valence-electron chi connectivity index (χ2n) is 17.3. The molecule has 0 aliphatic heterocycles. The van der Waals surface area contributed by atoms with Crippen LogP contribution in [0.4, 0.5) is 0 Å². The van der Waals surface area contributed by atoms with E-state index in [0.717, 1.165) is 69.6 Å². The van der Waals surface area contributed by atoms with E-state index in [2.05, 4.69) is 34.6 Å². The molecule has 1 atom stereocenters. The summed E-state index contributed by atoms with van der Waals surface area (Å²) in [5.74, 6) is 0.729. The van der Waals surface area contributed by atoms with Crippen LogP contribution in [-0.2, 0) is 28.6 Å². The molecule has 0 rings (SSSR count). The Labute approximate surface area is 336 Å². The van der Waals surface area contributed by atoms with Crippen LogP contribution in [0.25, 0.3) is 0 Å². The van der Waals surface area contributed by atoms with Crippen LogP contribution >= 0.6 is 0 Å². The predicted molar refractivity (Wildman–Crippen MR) is 229 cm³/mol. The predicted octanol–water partition coefficient (Wildman–Crippen LogP) is 15.0. The summed E-state index contributed by atoms with van der Waals surface area (Å²) >= 11 is 0. The lowest BCUT2D eigenvalue weighted by atomic mass is 10.0. The molecule has 0 unspecified atom stereocenters. The Morgan fingerprint density at radius 1 is 0.352 bits per heavy atom. The molecule has 0 aliphatic carbocycles. The van der Waals surface area contributed by atoms with Gasteiger partial charge >= 0.3 is 17.9 Å². The number of esters is 3. The minimum Gasteiger partial charge on any atom is -0.462 e. The first-order valence-electron chi connectivity index (χ1n) is 23.7. The standard InChI is InChI=1S/C48H92O6/c1-6-7-8-9-10-11-12-13-16-19-22-28-33-38-46(49)52-41-45(42-53-47(50)39-34-29-25-24-27-32-37-44(4)5)54-48(51)40-35-30-23-20-17-14-15-18-21-26-31-36-43(2)3/h43-45H,6-42H2,1-5H3/t45-/m0/s1. The molecule has 0 saturated carbocycles. The van der Waals surface area contributed by atoms with Crippen molar-refractivity contribution in [1.29, 1.82) is 0 Å². The van der Waals surface area contributed by atoms with Gasteiger partial charge in [-0.2, -0.15) is 0 Å². The molecule has 0 fully saturated rings. The highest BCUT2D eigenvalue weighted by molar-refractivity contribution is 5.71. The van der Waals surface area contributed by atoms with Gasteiger partial charge in [0.2, 0.25) is 0 Å². The number of hydrogen-bond acceptors (Lipinski definition) is 6. The molecular formula is C48H92O6. The van der Waals surface area contributed by atoms with Crippen molar-refractivity contribution in [3.63, 3.8) is 0 Å². The molecule has 0 aromatic rings. The fraction of sp³-hybridized carbons (Fsp3) is 0.938. The summed E-state index contributed by atoms with van der Waals surface area (Å²) in [6.45, 7) is 11.3. The zero-order valence-corrected chi connectivity index (χ0v) is 36.8. The summed E-state index contributed by atoms with van der Waals surface area (Å²) in [6.07, 6.45) is 39.5. The summed E-state index contributed by atoms with van der Waals surface area (Å²) in [7, 11) is 0. The first kappa shape index (κ1) is 52.4. The molecule has 0 saturated heterocycles. The zero-order valence-electron chi connectivity index (χ0n) is 36.8. The smallest absolute Gasteiger partial charge is 0.306 e. The van der Waals surface area contributed by atoms with Gasteiger partial charge in [-0.3, -0.25) is 14.4 Å². The van der Waals surface area contributed by atoms with Crippen molar-refractivity contribution in [2.24, 2.45) is 11.8 Å². The summed E-state index contributed by atoms with van der Waals surface area (Å²) in [5, 5.41) is 0. The van der Waals surface area contributed by atoms with Crippen LogP contribution in [0, 0.1) is 11.8 Å². The molecule has 6 nitrogen and oxygen atoms in total. The highest BCUT2D eigenvalue weighted by Crippen LogP contribution is 2.17. The Morgan fingerprint density at radius 3 is 0.907 bits per heavy atom. The van der Waals surface area contributed by atoms with Crippen LogP contribution in [0.15, 0.2) is 0 Å². The monoisotopic (exact) mass is 765 g/mol.